The number of aromatic nitrogens is 2. The first-order valence-corrected chi connectivity index (χ1v) is 12.4. The number of rotatable bonds is 14. The van der Waals surface area contributed by atoms with Crippen LogP contribution in [0.5, 0.6) is 11.6 Å². The first kappa shape index (κ1) is 25.9. The SMILES string of the molecule is CCCCOC[C@@H](O)CN(Cc1c(CC)nn(-c2ccccc2)c1Oc1ccccc1)C(C)C. The molecule has 0 aliphatic rings. The van der Waals surface area contributed by atoms with Gasteiger partial charge in [0.1, 0.15) is 5.75 Å². The Morgan fingerprint density at radius 2 is 1.68 bits per heavy atom. The van der Waals surface area contributed by atoms with E-state index >= 15 is 0 Å². The molecule has 0 bridgehead atoms. The van der Waals surface area contributed by atoms with Crippen LogP contribution < -0.4 is 4.74 Å². The van der Waals surface area contributed by atoms with Gasteiger partial charge in [0.2, 0.25) is 5.88 Å². The molecule has 6 heteroatoms. The van der Waals surface area contributed by atoms with Crippen molar-refractivity contribution in [2.45, 2.75) is 65.6 Å². The number of aliphatic hydroxyl groups is 1. The maximum atomic E-state index is 10.6. The van der Waals surface area contributed by atoms with Gasteiger partial charge in [-0.3, -0.25) is 4.90 Å². The van der Waals surface area contributed by atoms with Crippen LogP contribution in [0.2, 0.25) is 0 Å². The van der Waals surface area contributed by atoms with Crippen LogP contribution >= 0.6 is 0 Å². The molecule has 3 aromatic rings. The first-order valence-electron chi connectivity index (χ1n) is 12.4. The number of hydrogen-bond acceptors (Lipinski definition) is 5. The van der Waals surface area contributed by atoms with Gasteiger partial charge in [-0.25, -0.2) is 4.68 Å². The fourth-order valence-corrected chi connectivity index (χ4v) is 3.82. The van der Waals surface area contributed by atoms with Crippen LogP contribution in [0, 0.1) is 0 Å². The van der Waals surface area contributed by atoms with Gasteiger partial charge in [0, 0.05) is 25.7 Å². The molecule has 0 radical (unpaired) electrons. The number of benzene rings is 2. The topological polar surface area (TPSA) is 59.8 Å². The Labute approximate surface area is 204 Å². The molecule has 0 amide bonds. The number of ether oxygens (including phenoxy) is 2. The van der Waals surface area contributed by atoms with E-state index in [1.165, 1.54) is 0 Å². The summed E-state index contributed by atoms with van der Waals surface area (Å²) in [6.45, 7) is 10.7. The standard InChI is InChI=1S/C28H39N3O3/c1-5-7-18-33-21-24(32)19-30(22(3)4)20-26-27(6-2)29-31(23-14-10-8-11-15-23)28(26)34-25-16-12-9-13-17-25/h8-17,22,24,32H,5-7,18-21H2,1-4H3/t24-/m0/s1. The smallest absolute Gasteiger partial charge is 0.227 e. The van der Waals surface area contributed by atoms with Crippen LogP contribution in [0.1, 0.15) is 51.8 Å². The van der Waals surface area contributed by atoms with Gasteiger partial charge in [-0.05, 0) is 51.0 Å². The molecule has 1 atom stereocenters. The molecule has 0 aliphatic carbocycles. The van der Waals surface area contributed by atoms with Crippen molar-refractivity contribution in [1.29, 1.82) is 0 Å². The minimum absolute atomic E-state index is 0.236. The van der Waals surface area contributed by atoms with Crippen molar-refractivity contribution in [3.63, 3.8) is 0 Å². The van der Waals surface area contributed by atoms with E-state index in [1.54, 1.807) is 0 Å². The summed E-state index contributed by atoms with van der Waals surface area (Å²) in [6, 6.07) is 20.1. The van der Waals surface area contributed by atoms with E-state index in [4.69, 9.17) is 14.6 Å². The van der Waals surface area contributed by atoms with Crippen LogP contribution in [0.3, 0.4) is 0 Å². The summed E-state index contributed by atoms with van der Waals surface area (Å²) in [5, 5.41) is 15.6. The Morgan fingerprint density at radius 3 is 2.29 bits per heavy atom. The summed E-state index contributed by atoms with van der Waals surface area (Å²) in [4.78, 5) is 2.26. The molecule has 1 aromatic heterocycles. The lowest BCUT2D eigenvalue weighted by Gasteiger charge is -2.29. The third kappa shape index (κ3) is 7.16. The van der Waals surface area contributed by atoms with Gasteiger partial charge in [0.25, 0.3) is 0 Å². The number of aryl methyl sites for hydroxylation is 1. The Kier molecular flexibility index (Phi) is 10.1. The molecule has 184 valence electrons. The number of nitrogens with zero attached hydrogens (tertiary/aromatic N) is 3. The lowest BCUT2D eigenvalue weighted by atomic mass is 10.1. The molecule has 34 heavy (non-hydrogen) atoms. The van der Waals surface area contributed by atoms with Crippen molar-refractivity contribution in [2.24, 2.45) is 0 Å². The predicted octanol–water partition coefficient (Wildman–Crippen LogP) is 5.62. The van der Waals surface area contributed by atoms with Gasteiger partial charge in [0.15, 0.2) is 0 Å². The van der Waals surface area contributed by atoms with E-state index in [0.29, 0.717) is 32.2 Å². The molecule has 0 saturated carbocycles. The van der Waals surface area contributed by atoms with E-state index in [-0.39, 0.29) is 6.04 Å². The Hall–Kier alpha value is -2.67. The zero-order valence-electron chi connectivity index (χ0n) is 21.0. The van der Waals surface area contributed by atoms with Crippen LogP contribution in [0.15, 0.2) is 60.7 Å². The summed E-state index contributed by atoms with van der Waals surface area (Å²) in [5.41, 5.74) is 2.99. The highest BCUT2D eigenvalue weighted by atomic mass is 16.5. The van der Waals surface area contributed by atoms with Crippen molar-refractivity contribution in [3.8, 4) is 17.3 Å². The van der Waals surface area contributed by atoms with Gasteiger partial charge < -0.3 is 14.6 Å². The summed E-state index contributed by atoms with van der Waals surface area (Å²) in [7, 11) is 0. The number of hydrogen-bond donors (Lipinski definition) is 1. The summed E-state index contributed by atoms with van der Waals surface area (Å²) >= 11 is 0. The van der Waals surface area contributed by atoms with E-state index in [0.717, 1.165) is 42.0 Å². The normalized spacial score (nSPS) is 12.4. The van der Waals surface area contributed by atoms with Crippen LogP contribution in [0.25, 0.3) is 5.69 Å². The average molecular weight is 466 g/mol. The lowest BCUT2D eigenvalue weighted by molar-refractivity contribution is 0.00841. The molecule has 0 fully saturated rings. The van der Waals surface area contributed by atoms with E-state index < -0.39 is 6.10 Å². The van der Waals surface area contributed by atoms with Gasteiger partial charge >= 0.3 is 0 Å². The second-order valence-electron chi connectivity index (χ2n) is 8.85. The molecule has 0 unspecified atom stereocenters. The minimum atomic E-state index is -0.549. The van der Waals surface area contributed by atoms with E-state index in [2.05, 4.69) is 32.6 Å². The molecule has 0 aliphatic heterocycles. The third-order valence-electron chi connectivity index (χ3n) is 5.80. The van der Waals surface area contributed by atoms with Gasteiger partial charge in [0.05, 0.1) is 29.7 Å². The fraction of sp³-hybridized carbons (Fsp3) is 0.464. The minimum Gasteiger partial charge on any atom is -0.439 e. The maximum Gasteiger partial charge on any atom is 0.227 e. The second kappa shape index (κ2) is 13.3. The molecule has 2 aromatic carbocycles. The van der Waals surface area contributed by atoms with Crippen LogP contribution in [-0.4, -0.2) is 51.7 Å². The highest BCUT2D eigenvalue weighted by Gasteiger charge is 2.24. The molecule has 3 rings (SSSR count). The maximum absolute atomic E-state index is 10.6. The number of aliphatic hydroxyl groups excluding tert-OH is 1. The highest BCUT2D eigenvalue weighted by Crippen LogP contribution is 2.32. The molecule has 0 saturated heterocycles. The molecule has 6 nitrogen and oxygen atoms in total. The Bertz CT molecular complexity index is 973. The van der Waals surface area contributed by atoms with Crippen molar-refractivity contribution in [2.75, 3.05) is 19.8 Å². The molecular weight excluding hydrogens is 426 g/mol. The van der Waals surface area contributed by atoms with Crippen molar-refractivity contribution < 1.29 is 14.6 Å². The van der Waals surface area contributed by atoms with Crippen LogP contribution in [-0.2, 0) is 17.7 Å². The fourth-order valence-electron chi connectivity index (χ4n) is 3.82. The van der Waals surface area contributed by atoms with Gasteiger partial charge in [-0.1, -0.05) is 56.7 Å². The predicted molar refractivity (Wildman–Crippen MR) is 137 cm³/mol. The zero-order valence-corrected chi connectivity index (χ0v) is 21.0. The van der Waals surface area contributed by atoms with Gasteiger partial charge in [-0.2, -0.15) is 5.10 Å². The highest BCUT2D eigenvalue weighted by molar-refractivity contribution is 5.43. The Morgan fingerprint density at radius 1 is 1.00 bits per heavy atom. The number of unbranched alkanes of at least 4 members (excludes halogenated alkanes) is 1. The molecule has 1 N–H and O–H groups in total. The van der Waals surface area contributed by atoms with E-state index in [9.17, 15) is 5.11 Å². The lowest BCUT2D eigenvalue weighted by Crippen LogP contribution is -2.39. The van der Waals surface area contributed by atoms with Crippen LogP contribution in [0.4, 0.5) is 0 Å². The van der Waals surface area contributed by atoms with Crippen molar-refractivity contribution in [3.05, 3.63) is 71.9 Å². The van der Waals surface area contributed by atoms with Gasteiger partial charge in [-0.15, -0.1) is 0 Å². The monoisotopic (exact) mass is 465 g/mol. The zero-order chi connectivity index (χ0) is 24.3. The third-order valence-corrected chi connectivity index (χ3v) is 5.80. The quantitative estimate of drug-likeness (QED) is 0.313. The van der Waals surface area contributed by atoms with E-state index in [1.807, 2.05) is 65.3 Å². The van der Waals surface area contributed by atoms with Crippen molar-refractivity contribution in [1.82, 2.24) is 14.7 Å². The second-order valence-corrected chi connectivity index (χ2v) is 8.85. The summed E-state index contributed by atoms with van der Waals surface area (Å²) in [5.74, 6) is 1.48. The van der Waals surface area contributed by atoms with Crippen molar-refractivity contribution >= 4 is 0 Å². The Balaban J connectivity index is 1.90. The molecule has 1 heterocycles. The average Bonchev–Trinajstić information content (AvgIpc) is 3.19. The number of para-hydroxylation sites is 2. The molecular formula is C28H39N3O3. The summed E-state index contributed by atoms with van der Waals surface area (Å²) < 4.78 is 14.0. The largest absolute Gasteiger partial charge is 0.439 e. The summed E-state index contributed by atoms with van der Waals surface area (Å²) in [6.07, 6.45) is 2.34. The first-order chi connectivity index (χ1) is 16.5. The molecule has 0 spiro atoms.